The van der Waals surface area contributed by atoms with E-state index in [0.717, 1.165) is 12.8 Å². The largest absolute Gasteiger partial charge is 0.478 e. The highest BCUT2D eigenvalue weighted by atomic mass is 16.4. The number of carbonyl (C=O) groups is 2. The molecule has 0 radical (unpaired) electrons. The Morgan fingerprint density at radius 3 is 2.10 bits per heavy atom. The topological polar surface area (TPSA) is 74.6 Å². The van der Waals surface area contributed by atoms with Crippen LogP contribution in [0.4, 0.5) is 0 Å². The molecule has 4 aliphatic carbocycles. The molecular weight excluding hydrogens is 256 g/mol. The number of hydrogen-bond donors (Lipinski definition) is 2. The first kappa shape index (κ1) is 13.4. The predicted molar refractivity (Wildman–Crippen MR) is 73.0 cm³/mol. The number of carboxylic acids is 2. The Morgan fingerprint density at radius 2 is 1.55 bits per heavy atom. The maximum atomic E-state index is 10.9. The molecule has 108 valence electrons. The van der Waals surface area contributed by atoms with Gasteiger partial charge < -0.3 is 10.2 Å². The lowest BCUT2D eigenvalue weighted by Crippen LogP contribution is -2.51. The zero-order chi connectivity index (χ0) is 14.3. The summed E-state index contributed by atoms with van der Waals surface area (Å²) in [6.07, 6.45) is 11.8. The standard InChI is InChI=1S/C16H20O4/c17-14(18)2-1-13-12-6-10-5-11(7-12)9-16(13,8-10)4-3-15(19)20/h1-4,10-13H,5-9H2,(H,17,18)(H,19,20). The van der Waals surface area contributed by atoms with E-state index in [2.05, 4.69) is 0 Å². The van der Waals surface area contributed by atoms with Gasteiger partial charge in [-0.2, -0.15) is 0 Å². The number of hydrogen-bond acceptors (Lipinski definition) is 2. The molecule has 20 heavy (non-hydrogen) atoms. The minimum atomic E-state index is -0.920. The third-order valence-corrected chi connectivity index (χ3v) is 5.45. The van der Waals surface area contributed by atoms with Crippen LogP contribution in [-0.2, 0) is 9.59 Å². The molecule has 2 N–H and O–H groups in total. The van der Waals surface area contributed by atoms with E-state index in [-0.39, 0.29) is 11.3 Å². The van der Waals surface area contributed by atoms with Gasteiger partial charge in [0.15, 0.2) is 0 Å². The Kier molecular flexibility index (Phi) is 3.19. The van der Waals surface area contributed by atoms with Crippen molar-refractivity contribution < 1.29 is 19.8 Å². The summed E-state index contributed by atoms with van der Waals surface area (Å²) in [4.78, 5) is 21.7. The first-order chi connectivity index (χ1) is 9.48. The fraction of sp³-hybridized carbons (Fsp3) is 0.625. The quantitative estimate of drug-likeness (QED) is 0.774. The number of allylic oxidation sites excluding steroid dienone is 2. The predicted octanol–water partition coefficient (Wildman–Crippen LogP) is 2.71. The molecular formula is C16H20O4. The van der Waals surface area contributed by atoms with E-state index in [9.17, 15) is 9.59 Å². The molecule has 3 unspecified atom stereocenters. The van der Waals surface area contributed by atoms with E-state index in [1.807, 2.05) is 12.2 Å². The van der Waals surface area contributed by atoms with Crippen LogP contribution in [0.3, 0.4) is 0 Å². The molecule has 4 bridgehead atoms. The van der Waals surface area contributed by atoms with Gasteiger partial charge in [0, 0.05) is 12.2 Å². The van der Waals surface area contributed by atoms with Gasteiger partial charge in [-0.05, 0) is 61.2 Å². The highest BCUT2D eigenvalue weighted by Gasteiger charge is 2.54. The van der Waals surface area contributed by atoms with Gasteiger partial charge in [-0.25, -0.2) is 9.59 Å². The SMILES string of the molecule is O=C(O)C=CC1C2CC3CC(C2)CC1(C=CC(=O)O)C3. The van der Waals surface area contributed by atoms with Crippen molar-refractivity contribution in [1.82, 2.24) is 0 Å². The summed E-state index contributed by atoms with van der Waals surface area (Å²) in [5.74, 6) is 0.260. The number of rotatable bonds is 4. The van der Waals surface area contributed by atoms with Gasteiger partial charge in [-0.1, -0.05) is 12.2 Å². The molecule has 4 nitrogen and oxygen atoms in total. The Bertz CT molecular complexity index is 477. The summed E-state index contributed by atoms with van der Waals surface area (Å²) in [7, 11) is 0. The third kappa shape index (κ3) is 2.28. The lowest BCUT2D eigenvalue weighted by Gasteiger charge is -2.60. The van der Waals surface area contributed by atoms with Crippen molar-refractivity contribution in [2.45, 2.75) is 32.1 Å². The van der Waals surface area contributed by atoms with Crippen molar-refractivity contribution in [3.8, 4) is 0 Å². The maximum Gasteiger partial charge on any atom is 0.327 e. The molecule has 4 saturated carbocycles. The summed E-state index contributed by atoms with van der Waals surface area (Å²) in [5.41, 5.74) is -0.126. The Labute approximate surface area is 118 Å². The van der Waals surface area contributed by atoms with Crippen molar-refractivity contribution in [3.05, 3.63) is 24.3 Å². The molecule has 4 aliphatic rings. The summed E-state index contributed by atoms with van der Waals surface area (Å²) in [6.45, 7) is 0. The van der Waals surface area contributed by atoms with Crippen LogP contribution < -0.4 is 0 Å². The van der Waals surface area contributed by atoms with Crippen molar-refractivity contribution in [2.24, 2.45) is 29.1 Å². The lowest BCUT2D eigenvalue weighted by atomic mass is 9.45. The minimum absolute atomic E-state index is 0.126. The van der Waals surface area contributed by atoms with Crippen LogP contribution in [0.15, 0.2) is 24.3 Å². The molecule has 0 aromatic carbocycles. The molecule has 0 amide bonds. The van der Waals surface area contributed by atoms with E-state index in [0.29, 0.717) is 17.8 Å². The molecule has 0 saturated heterocycles. The lowest BCUT2D eigenvalue weighted by molar-refractivity contribution is -0.132. The molecule has 4 rings (SSSR count). The fourth-order valence-electron chi connectivity index (χ4n) is 5.16. The molecule has 0 aromatic rings. The summed E-state index contributed by atoms with van der Waals surface area (Å²) in [5, 5.41) is 17.8. The van der Waals surface area contributed by atoms with Gasteiger partial charge in [0.25, 0.3) is 0 Å². The van der Waals surface area contributed by atoms with Crippen molar-refractivity contribution >= 4 is 11.9 Å². The molecule has 0 heterocycles. The summed E-state index contributed by atoms with van der Waals surface area (Å²) in [6, 6.07) is 0. The molecule has 0 aliphatic heterocycles. The van der Waals surface area contributed by atoms with E-state index >= 15 is 0 Å². The van der Waals surface area contributed by atoms with E-state index in [4.69, 9.17) is 10.2 Å². The molecule has 4 heteroatoms. The van der Waals surface area contributed by atoms with Crippen LogP contribution >= 0.6 is 0 Å². The summed E-state index contributed by atoms with van der Waals surface area (Å²) >= 11 is 0. The Hall–Kier alpha value is -1.58. The number of aliphatic carboxylic acids is 2. The second-order valence-corrected chi connectivity index (χ2v) is 6.74. The highest BCUT2D eigenvalue weighted by Crippen LogP contribution is 2.63. The minimum Gasteiger partial charge on any atom is -0.478 e. The first-order valence-electron chi connectivity index (χ1n) is 7.32. The first-order valence-corrected chi connectivity index (χ1v) is 7.32. The number of carboxylic acid groups (broad SMARTS) is 2. The van der Waals surface area contributed by atoms with Crippen molar-refractivity contribution in [3.63, 3.8) is 0 Å². The molecule has 4 fully saturated rings. The van der Waals surface area contributed by atoms with Crippen molar-refractivity contribution in [2.75, 3.05) is 0 Å². The molecule has 3 atom stereocenters. The van der Waals surface area contributed by atoms with Gasteiger partial charge >= 0.3 is 11.9 Å². The van der Waals surface area contributed by atoms with Crippen LogP contribution in [-0.4, -0.2) is 22.2 Å². The van der Waals surface area contributed by atoms with Crippen LogP contribution in [0.5, 0.6) is 0 Å². The highest BCUT2D eigenvalue weighted by molar-refractivity contribution is 5.80. The Balaban J connectivity index is 1.93. The van der Waals surface area contributed by atoms with Gasteiger partial charge in [-0.15, -0.1) is 0 Å². The smallest absolute Gasteiger partial charge is 0.327 e. The van der Waals surface area contributed by atoms with E-state index in [1.54, 1.807) is 0 Å². The average Bonchev–Trinajstić information content (AvgIpc) is 2.34. The second-order valence-electron chi connectivity index (χ2n) is 6.74. The summed E-state index contributed by atoms with van der Waals surface area (Å²) < 4.78 is 0. The monoisotopic (exact) mass is 276 g/mol. The van der Waals surface area contributed by atoms with E-state index < -0.39 is 11.9 Å². The van der Waals surface area contributed by atoms with Crippen molar-refractivity contribution in [1.29, 1.82) is 0 Å². The van der Waals surface area contributed by atoms with Gasteiger partial charge in [0.05, 0.1) is 0 Å². The van der Waals surface area contributed by atoms with Crippen LogP contribution in [0.2, 0.25) is 0 Å². The van der Waals surface area contributed by atoms with Gasteiger partial charge in [0.1, 0.15) is 0 Å². The van der Waals surface area contributed by atoms with Crippen LogP contribution in [0.25, 0.3) is 0 Å². The van der Waals surface area contributed by atoms with E-state index in [1.165, 1.54) is 31.4 Å². The normalized spacial score (nSPS) is 42.6. The maximum absolute atomic E-state index is 10.9. The zero-order valence-electron chi connectivity index (χ0n) is 11.4. The Morgan fingerprint density at radius 1 is 0.950 bits per heavy atom. The third-order valence-electron chi connectivity index (χ3n) is 5.45. The van der Waals surface area contributed by atoms with Gasteiger partial charge in [0.2, 0.25) is 0 Å². The molecule has 0 spiro atoms. The zero-order valence-corrected chi connectivity index (χ0v) is 11.4. The second kappa shape index (κ2) is 4.76. The molecule has 0 aromatic heterocycles. The average molecular weight is 276 g/mol. The van der Waals surface area contributed by atoms with Crippen LogP contribution in [0, 0.1) is 29.1 Å². The van der Waals surface area contributed by atoms with Crippen LogP contribution in [0.1, 0.15) is 32.1 Å². The fourth-order valence-corrected chi connectivity index (χ4v) is 5.16. The van der Waals surface area contributed by atoms with Gasteiger partial charge in [-0.3, -0.25) is 0 Å².